The van der Waals surface area contributed by atoms with E-state index >= 15 is 0 Å². The Balaban J connectivity index is 1.73. The van der Waals surface area contributed by atoms with Crippen LogP contribution in [0.4, 0.5) is 4.39 Å². The summed E-state index contributed by atoms with van der Waals surface area (Å²) in [6.45, 7) is 0.473. The molecule has 0 atom stereocenters. The maximum absolute atomic E-state index is 13.0. The molecule has 21 heavy (non-hydrogen) atoms. The second kappa shape index (κ2) is 6.06. The third-order valence-corrected chi connectivity index (χ3v) is 3.51. The molecule has 5 heteroatoms. The molecule has 0 saturated carbocycles. The normalized spacial score (nSPS) is 10.8. The highest BCUT2D eigenvalue weighted by molar-refractivity contribution is 6.31. The lowest BCUT2D eigenvalue weighted by Crippen LogP contribution is -2.01. The van der Waals surface area contributed by atoms with Gasteiger partial charge in [0.1, 0.15) is 5.82 Å². The minimum Gasteiger partial charge on any atom is -0.248 e. The van der Waals surface area contributed by atoms with Crippen molar-refractivity contribution in [3.05, 3.63) is 82.4 Å². The van der Waals surface area contributed by atoms with E-state index in [1.807, 2.05) is 24.4 Å². The van der Waals surface area contributed by atoms with Gasteiger partial charge in [0, 0.05) is 17.6 Å². The van der Waals surface area contributed by atoms with E-state index < -0.39 is 0 Å². The molecule has 1 heterocycles. The van der Waals surface area contributed by atoms with E-state index in [1.165, 1.54) is 17.7 Å². The van der Waals surface area contributed by atoms with Gasteiger partial charge in [0.15, 0.2) is 0 Å². The van der Waals surface area contributed by atoms with Crippen LogP contribution in [-0.2, 0) is 13.0 Å². The van der Waals surface area contributed by atoms with Crippen molar-refractivity contribution in [2.75, 3.05) is 0 Å². The Hall–Kier alpha value is -2.20. The van der Waals surface area contributed by atoms with Crippen LogP contribution >= 0.6 is 11.6 Å². The van der Waals surface area contributed by atoms with Gasteiger partial charge in [-0.05, 0) is 23.3 Å². The quantitative estimate of drug-likeness (QED) is 0.735. The van der Waals surface area contributed by atoms with Crippen molar-refractivity contribution in [2.24, 2.45) is 0 Å². The molecular weight excluding hydrogens is 289 g/mol. The molecule has 0 fully saturated rings. The van der Waals surface area contributed by atoms with Crippen molar-refractivity contribution in [1.29, 1.82) is 0 Å². The first-order valence-electron chi connectivity index (χ1n) is 6.57. The van der Waals surface area contributed by atoms with Gasteiger partial charge in [-0.25, -0.2) is 9.07 Å². The van der Waals surface area contributed by atoms with E-state index in [-0.39, 0.29) is 5.82 Å². The third kappa shape index (κ3) is 3.47. The van der Waals surface area contributed by atoms with Gasteiger partial charge in [0.05, 0.1) is 12.2 Å². The Morgan fingerprint density at radius 3 is 2.67 bits per heavy atom. The van der Waals surface area contributed by atoms with Crippen LogP contribution in [0.15, 0.2) is 54.7 Å². The molecule has 0 radical (unpaired) electrons. The number of rotatable bonds is 4. The average Bonchev–Trinajstić information content (AvgIpc) is 2.90. The maximum Gasteiger partial charge on any atom is 0.124 e. The molecule has 1 aromatic heterocycles. The van der Waals surface area contributed by atoms with Crippen LogP contribution in [0.3, 0.4) is 0 Å². The van der Waals surface area contributed by atoms with Gasteiger partial charge < -0.3 is 0 Å². The largest absolute Gasteiger partial charge is 0.248 e. The fraction of sp³-hybridized carbons (Fsp3) is 0.125. The molecule has 0 aliphatic heterocycles. The molecule has 2 aromatic carbocycles. The summed E-state index contributed by atoms with van der Waals surface area (Å²) >= 11 is 6.01. The number of nitrogens with zero attached hydrogens (tertiary/aromatic N) is 3. The molecule has 3 aromatic rings. The van der Waals surface area contributed by atoms with Crippen LogP contribution in [0, 0.1) is 5.82 Å². The van der Waals surface area contributed by atoms with Crippen molar-refractivity contribution >= 4 is 11.6 Å². The maximum atomic E-state index is 13.0. The summed E-state index contributed by atoms with van der Waals surface area (Å²) < 4.78 is 14.7. The zero-order valence-electron chi connectivity index (χ0n) is 11.2. The number of halogens is 2. The minimum atomic E-state index is -0.341. The lowest BCUT2D eigenvalue weighted by atomic mass is 10.1. The van der Waals surface area contributed by atoms with E-state index in [0.717, 1.165) is 17.7 Å². The average molecular weight is 302 g/mol. The van der Waals surface area contributed by atoms with Gasteiger partial charge >= 0.3 is 0 Å². The highest BCUT2D eigenvalue weighted by Gasteiger charge is 2.06. The Morgan fingerprint density at radius 2 is 1.90 bits per heavy atom. The number of aromatic nitrogens is 3. The summed E-state index contributed by atoms with van der Waals surface area (Å²) in [6.07, 6.45) is 2.62. The van der Waals surface area contributed by atoms with E-state index in [9.17, 15) is 4.39 Å². The lowest BCUT2D eigenvalue weighted by Gasteiger charge is -2.03. The van der Waals surface area contributed by atoms with Gasteiger partial charge in [-0.2, -0.15) is 0 Å². The van der Waals surface area contributed by atoms with Crippen LogP contribution < -0.4 is 0 Å². The molecule has 0 spiro atoms. The molecule has 3 nitrogen and oxygen atoms in total. The molecule has 0 N–H and O–H groups in total. The molecule has 0 aliphatic rings. The monoisotopic (exact) mass is 301 g/mol. The Morgan fingerprint density at radius 1 is 1.10 bits per heavy atom. The predicted molar refractivity (Wildman–Crippen MR) is 79.8 cm³/mol. The predicted octanol–water partition coefficient (Wildman–Crippen LogP) is 3.71. The van der Waals surface area contributed by atoms with Gasteiger partial charge in [0.2, 0.25) is 0 Å². The van der Waals surface area contributed by atoms with Crippen molar-refractivity contribution in [1.82, 2.24) is 15.0 Å². The highest BCUT2D eigenvalue weighted by Crippen LogP contribution is 2.18. The molecule has 0 amide bonds. The van der Waals surface area contributed by atoms with Crippen molar-refractivity contribution in [3.63, 3.8) is 0 Å². The summed E-state index contributed by atoms with van der Waals surface area (Å²) in [4.78, 5) is 0. The Bertz CT molecular complexity index is 740. The zero-order valence-corrected chi connectivity index (χ0v) is 12.0. The standard InChI is InChI=1S/C16H13ClFN3/c17-16-9-14(18)7-6-13(16)10-21-11-15(19-20-21)8-12-4-2-1-3-5-12/h1-7,9,11H,8,10H2. The van der Waals surface area contributed by atoms with Crippen molar-refractivity contribution in [3.8, 4) is 0 Å². The summed E-state index contributed by atoms with van der Waals surface area (Å²) in [5.74, 6) is -0.341. The topological polar surface area (TPSA) is 30.7 Å². The summed E-state index contributed by atoms with van der Waals surface area (Å²) in [6, 6.07) is 14.4. The van der Waals surface area contributed by atoms with Gasteiger partial charge in [-0.3, -0.25) is 0 Å². The zero-order chi connectivity index (χ0) is 14.7. The summed E-state index contributed by atoms with van der Waals surface area (Å²) in [5.41, 5.74) is 2.89. The second-order valence-electron chi connectivity index (χ2n) is 4.81. The lowest BCUT2D eigenvalue weighted by molar-refractivity contribution is 0.621. The number of hydrogen-bond donors (Lipinski definition) is 0. The second-order valence-corrected chi connectivity index (χ2v) is 5.21. The van der Waals surface area contributed by atoms with Crippen LogP contribution in [-0.4, -0.2) is 15.0 Å². The van der Waals surface area contributed by atoms with Gasteiger partial charge in [-0.15, -0.1) is 5.10 Å². The molecule has 0 unspecified atom stereocenters. The molecule has 0 saturated heterocycles. The van der Waals surface area contributed by atoms with Gasteiger partial charge in [0.25, 0.3) is 0 Å². The smallest absolute Gasteiger partial charge is 0.124 e. The van der Waals surface area contributed by atoms with Crippen molar-refractivity contribution < 1.29 is 4.39 Å². The third-order valence-electron chi connectivity index (χ3n) is 3.16. The summed E-state index contributed by atoms with van der Waals surface area (Å²) in [5, 5.41) is 8.63. The Labute approximate surface area is 127 Å². The first-order chi connectivity index (χ1) is 10.2. The number of hydrogen-bond acceptors (Lipinski definition) is 2. The SMILES string of the molecule is Fc1ccc(Cn2cc(Cc3ccccc3)nn2)c(Cl)c1. The molecular formula is C16H13ClFN3. The van der Waals surface area contributed by atoms with Crippen LogP contribution in [0.2, 0.25) is 5.02 Å². The number of benzene rings is 2. The first-order valence-corrected chi connectivity index (χ1v) is 6.95. The van der Waals surface area contributed by atoms with Gasteiger partial charge in [-0.1, -0.05) is 53.2 Å². The fourth-order valence-corrected chi connectivity index (χ4v) is 2.35. The summed E-state index contributed by atoms with van der Waals surface area (Å²) in [7, 11) is 0. The molecule has 3 rings (SSSR count). The van der Waals surface area contributed by atoms with Crippen LogP contribution in [0.25, 0.3) is 0 Å². The molecule has 106 valence electrons. The van der Waals surface area contributed by atoms with Crippen LogP contribution in [0.5, 0.6) is 0 Å². The fourth-order valence-electron chi connectivity index (χ4n) is 2.13. The van der Waals surface area contributed by atoms with E-state index in [4.69, 9.17) is 11.6 Å². The Kier molecular flexibility index (Phi) is 3.97. The van der Waals surface area contributed by atoms with Crippen molar-refractivity contribution in [2.45, 2.75) is 13.0 Å². The van der Waals surface area contributed by atoms with E-state index in [2.05, 4.69) is 22.4 Å². The van der Waals surface area contributed by atoms with E-state index in [1.54, 1.807) is 10.7 Å². The molecule has 0 aliphatic carbocycles. The minimum absolute atomic E-state index is 0.341. The highest BCUT2D eigenvalue weighted by atomic mass is 35.5. The van der Waals surface area contributed by atoms with Crippen LogP contribution in [0.1, 0.15) is 16.8 Å². The molecule has 0 bridgehead atoms. The first kappa shape index (κ1) is 13.8. The van der Waals surface area contributed by atoms with E-state index in [0.29, 0.717) is 11.6 Å².